The number of hydrogen-bond donors (Lipinski definition) is 2. The van der Waals surface area contributed by atoms with Crippen LogP contribution in [0.25, 0.3) is 4.85 Å². The van der Waals surface area contributed by atoms with E-state index in [1.807, 2.05) is 0 Å². The van der Waals surface area contributed by atoms with Gasteiger partial charge < -0.3 is 15.3 Å². The normalized spacial score (nSPS) is 24.2. The highest BCUT2D eigenvalue weighted by atomic mass is 19.3. The van der Waals surface area contributed by atoms with E-state index >= 15 is 0 Å². The molecule has 2 aromatic rings. The third-order valence-corrected chi connectivity index (χ3v) is 6.01. The summed E-state index contributed by atoms with van der Waals surface area (Å²) < 4.78 is 59.2. The number of urea groups is 1. The van der Waals surface area contributed by atoms with E-state index in [2.05, 4.69) is 15.3 Å². The summed E-state index contributed by atoms with van der Waals surface area (Å²) in [5, 5.41) is 16.1. The number of aliphatic hydroxyl groups excluding tert-OH is 1. The Morgan fingerprint density at radius 3 is 2.81 bits per heavy atom. The molecular weight excluding hydrogens is 430 g/mol. The smallest absolute Gasteiger partial charge is 0.322 e. The first kappa shape index (κ1) is 22.1. The van der Waals surface area contributed by atoms with Gasteiger partial charge in [0.05, 0.1) is 32.0 Å². The molecule has 2 aliphatic heterocycles. The molecule has 2 amide bonds. The first-order valence-corrected chi connectivity index (χ1v) is 10.1. The SMILES string of the molecule is [C-]#[N+]c1cc(NC(=O)N2Cc3c(nn4c3C(F)(F)CC[C@@](F)(CO)C4)C[C@H]2C)ccc1F. The van der Waals surface area contributed by atoms with Crippen LogP contribution < -0.4 is 5.32 Å². The predicted molar refractivity (Wildman–Crippen MR) is 107 cm³/mol. The lowest BCUT2D eigenvalue weighted by Gasteiger charge is -2.33. The van der Waals surface area contributed by atoms with Crippen LogP contribution in [0.5, 0.6) is 0 Å². The van der Waals surface area contributed by atoms with Crippen LogP contribution in [0.3, 0.4) is 0 Å². The molecule has 7 nitrogen and oxygen atoms in total. The Labute approximate surface area is 181 Å². The molecule has 0 aliphatic carbocycles. The lowest BCUT2D eigenvalue weighted by atomic mass is 9.95. The molecule has 170 valence electrons. The number of nitrogens with zero attached hydrogens (tertiary/aromatic N) is 4. The van der Waals surface area contributed by atoms with E-state index in [9.17, 15) is 27.5 Å². The second kappa shape index (κ2) is 7.78. The molecule has 3 heterocycles. The molecule has 2 aliphatic rings. The Hall–Kier alpha value is -3.13. The summed E-state index contributed by atoms with van der Waals surface area (Å²) in [4.78, 5) is 17.3. The summed E-state index contributed by atoms with van der Waals surface area (Å²) in [5.74, 6) is -4.08. The van der Waals surface area contributed by atoms with Crippen molar-refractivity contribution in [2.75, 3.05) is 11.9 Å². The van der Waals surface area contributed by atoms with E-state index < -0.39 is 61.2 Å². The van der Waals surface area contributed by atoms with Crippen LogP contribution in [0.1, 0.15) is 36.7 Å². The summed E-state index contributed by atoms with van der Waals surface area (Å²) in [6.45, 7) is 7.17. The van der Waals surface area contributed by atoms with Gasteiger partial charge in [0, 0.05) is 30.1 Å². The second-order valence-corrected chi connectivity index (χ2v) is 8.33. The van der Waals surface area contributed by atoms with Crippen molar-refractivity contribution < 1.29 is 27.5 Å². The zero-order valence-electron chi connectivity index (χ0n) is 17.2. The molecule has 1 aromatic heterocycles. The highest BCUT2D eigenvalue weighted by Gasteiger charge is 2.48. The molecule has 2 atom stereocenters. The molecule has 0 unspecified atom stereocenters. The van der Waals surface area contributed by atoms with E-state index in [0.29, 0.717) is 5.69 Å². The average molecular weight is 451 g/mol. The quantitative estimate of drug-likeness (QED) is 0.533. The molecule has 0 saturated carbocycles. The van der Waals surface area contributed by atoms with E-state index in [1.165, 1.54) is 17.0 Å². The number of aliphatic hydroxyl groups is 1. The van der Waals surface area contributed by atoms with Crippen LogP contribution in [-0.2, 0) is 25.4 Å². The van der Waals surface area contributed by atoms with Crippen molar-refractivity contribution in [3.63, 3.8) is 0 Å². The number of rotatable bonds is 2. The number of amides is 2. The maximum atomic E-state index is 15.0. The Bertz CT molecular complexity index is 1110. The van der Waals surface area contributed by atoms with E-state index in [-0.39, 0.29) is 29.9 Å². The molecule has 0 bridgehead atoms. The summed E-state index contributed by atoms with van der Waals surface area (Å²) in [7, 11) is 0. The summed E-state index contributed by atoms with van der Waals surface area (Å²) in [6.07, 6.45) is -1.10. The van der Waals surface area contributed by atoms with Crippen LogP contribution in [0.4, 0.5) is 33.7 Å². The Morgan fingerprint density at radius 1 is 1.38 bits per heavy atom. The van der Waals surface area contributed by atoms with Gasteiger partial charge in [0.2, 0.25) is 5.69 Å². The topological polar surface area (TPSA) is 74.8 Å². The maximum Gasteiger partial charge on any atom is 0.322 e. The van der Waals surface area contributed by atoms with Gasteiger partial charge >= 0.3 is 6.03 Å². The van der Waals surface area contributed by atoms with Crippen LogP contribution in [-0.4, -0.2) is 44.1 Å². The van der Waals surface area contributed by atoms with Crippen LogP contribution >= 0.6 is 0 Å². The average Bonchev–Trinajstić information content (AvgIpc) is 3.05. The molecule has 0 spiro atoms. The van der Waals surface area contributed by atoms with Gasteiger partial charge in [-0.1, -0.05) is 0 Å². The number of carbonyl (C=O) groups excluding carboxylic acids is 1. The van der Waals surface area contributed by atoms with Crippen molar-refractivity contribution in [2.24, 2.45) is 0 Å². The molecule has 1 aromatic carbocycles. The van der Waals surface area contributed by atoms with Gasteiger partial charge in [-0.25, -0.2) is 18.4 Å². The third-order valence-electron chi connectivity index (χ3n) is 6.01. The minimum absolute atomic E-state index is 0.164. The molecule has 2 N–H and O–H groups in total. The molecule has 32 heavy (non-hydrogen) atoms. The highest BCUT2D eigenvalue weighted by molar-refractivity contribution is 5.90. The Morgan fingerprint density at radius 2 is 2.12 bits per heavy atom. The van der Waals surface area contributed by atoms with Crippen molar-refractivity contribution >= 4 is 17.4 Å². The number of fused-ring (bicyclic) bond motifs is 3. The monoisotopic (exact) mass is 451 g/mol. The molecule has 11 heteroatoms. The maximum absolute atomic E-state index is 15.0. The van der Waals surface area contributed by atoms with E-state index in [1.54, 1.807) is 6.92 Å². The van der Waals surface area contributed by atoms with Gasteiger partial charge in [-0.05, 0) is 31.5 Å². The summed E-state index contributed by atoms with van der Waals surface area (Å²) in [6, 6.07) is 2.55. The molecule has 0 radical (unpaired) electrons. The van der Waals surface area contributed by atoms with Crippen molar-refractivity contribution in [3.05, 3.63) is 52.4 Å². The fraction of sp³-hybridized carbons (Fsp3) is 0.476. The molecular formula is C21H21F4N5O2. The number of nitrogens with one attached hydrogen (secondary N) is 1. The predicted octanol–water partition coefficient (Wildman–Crippen LogP) is 4.14. The van der Waals surface area contributed by atoms with Crippen molar-refractivity contribution in [1.82, 2.24) is 14.7 Å². The van der Waals surface area contributed by atoms with Crippen molar-refractivity contribution in [1.29, 1.82) is 0 Å². The lowest BCUT2D eigenvalue weighted by Crippen LogP contribution is -2.45. The number of alkyl halides is 3. The number of hydrogen-bond acceptors (Lipinski definition) is 3. The Balaban J connectivity index is 1.64. The van der Waals surface area contributed by atoms with Crippen LogP contribution in [0, 0.1) is 12.4 Å². The molecule has 0 fully saturated rings. The Kier molecular flexibility index (Phi) is 5.36. The molecule has 4 rings (SSSR count). The van der Waals surface area contributed by atoms with Crippen LogP contribution in [0.15, 0.2) is 18.2 Å². The number of carbonyl (C=O) groups is 1. The number of halogens is 4. The third kappa shape index (κ3) is 3.79. The highest BCUT2D eigenvalue weighted by Crippen LogP contribution is 2.44. The standard InChI is InChI=1S/C21H21F4N5O2/c1-12-7-16-14(18-21(24,25)6-5-20(23,11-31)10-30(18)28-16)9-29(12)19(32)27-13-3-4-15(22)17(8-13)26-2/h3-4,8,12,31H,5-7,9-11H2,1H3,(H,27,32)/t12-,20+/m1/s1. The zero-order valence-corrected chi connectivity index (χ0v) is 17.2. The van der Waals surface area contributed by atoms with Gasteiger partial charge in [-0.2, -0.15) is 13.9 Å². The zero-order chi connectivity index (χ0) is 23.3. The van der Waals surface area contributed by atoms with Gasteiger partial charge in [0.1, 0.15) is 11.5 Å². The number of benzene rings is 1. The lowest BCUT2D eigenvalue weighted by molar-refractivity contribution is -0.0324. The summed E-state index contributed by atoms with van der Waals surface area (Å²) >= 11 is 0. The summed E-state index contributed by atoms with van der Waals surface area (Å²) in [5.41, 5.74) is -2.14. The largest absolute Gasteiger partial charge is 0.393 e. The second-order valence-electron chi connectivity index (χ2n) is 8.33. The first-order chi connectivity index (χ1) is 15.1. The first-order valence-electron chi connectivity index (χ1n) is 10.1. The number of anilines is 1. The van der Waals surface area contributed by atoms with E-state index in [0.717, 1.165) is 10.7 Å². The minimum Gasteiger partial charge on any atom is -0.393 e. The fourth-order valence-electron chi connectivity index (χ4n) is 4.24. The van der Waals surface area contributed by atoms with Gasteiger partial charge in [-0.15, -0.1) is 0 Å². The van der Waals surface area contributed by atoms with Crippen molar-refractivity contribution in [2.45, 2.75) is 56.9 Å². The van der Waals surface area contributed by atoms with Gasteiger partial charge in [0.15, 0.2) is 5.67 Å². The fourth-order valence-corrected chi connectivity index (χ4v) is 4.24. The van der Waals surface area contributed by atoms with Gasteiger partial charge in [-0.3, -0.25) is 4.68 Å². The minimum atomic E-state index is -3.37. The van der Waals surface area contributed by atoms with Crippen molar-refractivity contribution in [3.8, 4) is 0 Å². The van der Waals surface area contributed by atoms with Gasteiger partial charge in [0.25, 0.3) is 5.92 Å². The van der Waals surface area contributed by atoms with Crippen LogP contribution in [0.2, 0.25) is 0 Å². The number of aromatic nitrogens is 2. The van der Waals surface area contributed by atoms with E-state index in [4.69, 9.17) is 6.57 Å². The molecule has 0 saturated heterocycles.